The SMILES string of the molecule is Cc1noc(C(C)N2CCN(c3ncc(S(N)(=O)=O)s3)CC2)n1. The van der Waals surface area contributed by atoms with Crippen LogP contribution in [0.5, 0.6) is 0 Å². The maximum Gasteiger partial charge on any atom is 0.249 e. The molecule has 3 heterocycles. The van der Waals surface area contributed by atoms with E-state index in [0.717, 1.165) is 37.5 Å². The number of hydrogen-bond acceptors (Lipinski definition) is 9. The van der Waals surface area contributed by atoms with Crippen molar-refractivity contribution in [1.29, 1.82) is 0 Å². The zero-order valence-electron chi connectivity index (χ0n) is 12.8. The third-order valence-electron chi connectivity index (χ3n) is 3.79. The molecule has 1 unspecified atom stereocenters. The van der Waals surface area contributed by atoms with Crippen LogP contribution in [0.15, 0.2) is 14.9 Å². The first-order valence-corrected chi connectivity index (χ1v) is 9.48. The molecule has 0 radical (unpaired) electrons. The highest BCUT2D eigenvalue weighted by Crippen LogP contribution is 2.27. The third-order valence-corrected chi connectivity index (χ3v) is 6.25. The van der Waals surface area contributed by atoms with Gasteiger partial charge in [-0.15, -0.1) is 0 Å². The molecule has 2 N–H and O–H groups in total. The van der Waals surface area contributed by atoms with Crippen molar-refractivity contribution in [2.75, 3.05) is 31.1 Å². The number of primary sulfonamides is 1. The van der Waals surface area contributed by atoms with Crippen LogP contribution in [0.25, 0.3) is 0 Å². The lowest BCUT2D eigenvalue weighted by molar-refractivity contribution is 0.164. The van der Waals surface area contributed by atoms with Gasteiger partial charge in [-0.05, 0) is 13.8 Å². The number of aryl methyl sites for hydroxylation is 1. The van der Waals surface area contributed by atoms with Crippen LogP contribution >= 0.6 is 11.3 Å². The molecule has 2 aromatic heterocycles. The average molecular weight is 358 g/mol. The molecule has 0 saturated carbocycles. The number of thiazole rings is 1. The topological polar surface area (TPSA) is 118 Å². The van der Waals surface area contributed by atoms with Crippen molar-refractivity contribution in [3.05, 3.63) is 17.9 Å². The van der Waals surface area contributed by atoms with Gasteiger partial charge in [0.2, 0.25) is 15.9 Å². The first-order valence-electron chi connectivity index (χ1n) is 7.12. The van der Waals surface area contributed by atoms with E-state index in [1.807, 2.05) is 6.92 Å². The zero-order chi connectivity index (χ0) is 16.6. The Morgan fingerprint density at radius 2 is 2.04 bits per heavy atom. The Balaban J connectivity index is 1.63. The number of anilines is 1. The maximum atomic E-state index is 11.3. The molecule has 1 aliphatic heterocycles. The minimum absolute atomic E-state index is 0.0506. The third kappa shape index (κ3) is 3.52. The lowest BCUT2D eigenvalue weighted by Gasteiger charge is -2.36. The van der Waals surface area contributed by atoms with Gasteiger partial charge in [0.25, 0.3) is 0 Å². The Bertz CT molecular complexity index is 778. The number of nitrogens with zero attached hydrogens (tertiary/aromatic N) is 5. The van der Waals surface area contributed by atoms with E-state index in [4.69, 9.17) is 9.66 Å². The van der Waals surface area contributed by atoms with E-state index in [1.54, 1.807) is 6.92 Å². The number of nitrogens with two attached hydrogens (primary N) is 1. The second kappa shape index (κ2) is 6.15. The van der Waals surface area contributed by atoms with Crippen LogP contribution in [0.1, 0.15) is 24.7 Å². The van der Waals surface area contributed by atoms with Crippen molar-refractivity contribution in [3.63, 3.8) is 0 Å². The van der Waals surface area contributed by atoms with Crippen LogP contribution in [0, 0.1) is 6.92 Å². The average Bonchev–Trinajstić information content (AvgIpc) is 3.15. The van der Waals surface area contributed by atoms with Crippen LogP contribution in [0.2, 0.25) is 0 Å². The van der Waals surface area contributed by atoms with Crippen molar-refractivity contribution < 1.29 is 12.9 Å². The van der Waals surface area contributed by atoms with Gasteiger partial charge in [-0.25, -0.2) is 18.5 Å². The molecule has 1 fully saturated rings. The predicted octanol–water partition coefficient (Wildman–Crippen LogP) is 0.365. The van der Waals surface area contributed by atoms with Crippen LogP contribution in [0.4, 0.5) is 5.13 Å². The Morgan fingerprint density at radius 3 is 2.57 bits per heavy atom. The Morgan fingerprint density at radius 1 is 1.35 bits per heavy atom. The molecule has 1 aliphatic rings. The van der Waals surface area contributed by atoms with Crippen molar-refractivity contribution in [3.8, 4) is 0 Å². The fourth-order valence-electron chi connectivity index (χ4n) is 2.47. The molecule has 9 nitrogen and oxygen atoms in total. The van der Waals surface area contributed by atoms with Crippen molar-refractivity contribution in [2.24, 2.45) is 5.14 Å². The summed E-state index contributed by atoms with van der Waals surface area (Å²) in [6.45, 7) is 6.91. The van der Waals surface area contributed by atoms with Crippen molar-refractivity contribution in [1.82, 2.24) is 20.0 Å². The molecular formula is C12H18N6O3S2. The first kappa shape index (κ1) is 16.3. The molecule has 0 aliphatic carbocycles. The molecule has 11 heteroatoms. The number of hydrogen-bond donors (Lipinski definition) is 1. The summed E-state index contributed by atoms with van der Waals surface area (Å²) in [5.74, 6) is 1.24. The minimum atomic E-state index is -3.69. The van der Waals surface area contributed by atoms with Gasteiger partial charge < -0.3 is 9.42 Å². The van der Waals surface area contributed by atoms with E-state index >= 15 is 0 Å². The maximum absolute atomic E-state index is 11.3. The largest absolute Gasteiger partial charge is 0.345 e. The second-order valence-corrected chi connectivity index (χ2v) is 8.18. The Kier molecular flexibility index (Phi) is 4.36. The normalized spacial score (nSPS) is 18.3. The summed E-state index contributed by atoms with van der Waals surface area (Å²) >= 11 is 1.10. The standard InChI is InChI=1S/C12H18N6O3S2/c1-8(11-15-9(2)16-21-11)17-3-5-18(6-4-17)12-14-7-10(22-12)23(13,19)20/h7-8H,3-6H2,1-2H3,(H2,13,19,20). The minimum Gasteiger partial charge on any atom is -0.345 e. The highest BCUT2D eigenvalue weighted by Gasteiger charge is 2.27. The van der Waals surface area contributed by atoms with Gasteiger partial charge in [0, 0.05) is 26.2 Å². The van der Waals surface area contributed by atoms with Crippen molar-refractivity contribution in [2.45, 2.75) is 24.1 Å². The van der Waals surface area contributed by atoms with E-state index in [9.17, 15) is 8.42 Å². The van der Waals surface area contributed by atoms with Crippen LogP contribution in [-0.2, 0) is 10.0 Å². The molecule has 0 spiro atoms. The fourth-order valence-corrected chi connectivity index (χ4v) is 4.06. The molecule has 126 valence electrons. The smallest absolute Gasteiger partial charge is 0.249 e. The molecule has 0 amide bonds. The first-order chi connectivity index (χ1) is 10.8. The Labute approximate surface area is 138 Å². The zero-order valence-corrected chi connectivity index (χ0v) is 14.5. The Hall–Kier alpha value is -1.56. The highest BCUT2D eigenvalue weighted by molar-refractivity contribution is 7.91. The molecule has 1 saturated heterocycles. The number of piperazine rings is 1. The molecule has 0 bridgehead atoms. The lowest BCUT2D eigenvalue weighted by Crippen LogP contribution is -2.47. The van der Waals surface area contributed by atoms with Crippen molar-refractivity contribution >= 4 is 26.5 Å². The van der Waals surface area contributed by atoms with E-state index in [-0.39, 0.29) is 10.3 Å². The van der Waals surface area contributed by atoms with E-state index in [0.29, 0.717) is 16.8 Å². The van der Waals surface area contributed by atoms with E-state index in [1.165, 1.54) is 6.20 Å². The second-order valence-electron chi connectivity index (χ2n) is 5.39. The predicted molar refractivity (Wildman–Crippen MR) is 84.7 cm³/mol. The summed E-state index contributed by atoms with van der Waals surface area (Å²) in [6.07, 6.45) is 1.31. The van der Waals surface area contributed by atoms with E-state index < -0.39 is 10.0 Å². The summed E-state index contributed by atoms with van der Waals surface area (Å²) in [5.41, 5.74) is 0. The van der Waals surface area contributed by atoms with Crippen LogP contribution < -0.4 is 10.0 Å². The molecule has 3 rings (SSSR count). The van der Waals surface area contributed by atoms with Gasteiger partial charge >= 0.3 is 0 Å². The molecular weight excluding hydrogens is 340 g/mol. The summed E-state index contributed by atoms with van der Waals surface area (Å²) < 4.78 is 28.0. The number of aromatic nitrogens is 3. The van der Waals surface area contributed by atoms with Crippen LogP contribution in [0.3, 0.4) is 0 Å². The highest BCUT2D eigenvalue weighted by atomic mass is 32.2. The van der Waals surface area contributed by atoms with Gasteiger partial charge in [0.15, 0.2) is 15.2 Å². The molecule has 2 aromatic rings. The fraction of sp³-hybridized carbons (Fsp3) is 0.583. The summed E-state index contributed by atoms with van der Waals surface area (Å²) in [5, 5.41) is 9.62. The number of rotatable bonds is 4. The van der Waals surface area contributed by atoms with Gasteiger partial charge in [-0.3, -0.25) is 4.90 Å². The van der Waals surface area contributed by atoms with Gasteiger partial charge in [-0.2, -0.15) is 4.98 Å². The van der Waals surface area contributed by atoms with E-state index in [2.05, 4.69) is 24.9 Å². The number of sulfonamides is 1. The van der Waals surface area contributed by atoms with Gasteiger partial charge in [-0.1, -0.05) is 16.5 Å². The molecule has 1 atom stereocenters. The summed E-state index contributed by atoms with van der Waals surface area (Å²) in [7, 11) is -3.69. The van der Waals surface area contributed by atoms with Crippen LogP contribution in [-0.4, -0.2) is 54.6 Å². The molecule has 23 heavy (non-hydrogen) atoms. The lowest BCUT2D eigenvalue weighted by atomic mass is 10.2. The summed E-state index contributed by atoms with van der Waals surface area (Å²) in [4.78, 5) is 12.7. The monoisotopic (exact) mass is 358 g/mol. The quantitative estimate of drug-likeness (QED) is 0.832. The van der Waals surface area contributed by atoms with Gasteiger partial charge in [0.05, 0.1) is 12.2 Å². The molecule has 0 aromatic carbocycles. The van der Waals surface area contributed by atoms with Gasteiger partial charge in [0.1, 0.15) is 0 Å². The summed E-state index contributed by atoms with van der Waals surface area (Å²) in [6, 6.07) is 0.0506.